The van der Waals surface area contributed by atoms with Gasteiger partial charge in [0.1, 0.15) is 0 Å². The number of H-pyrrole nitrogens is 1. The maximum Gasteiger partial charge on any atom is 0.0454 e. The molecule has 2 nitrogen and oxygen atoms in total. The number of nitrogens with one attached hydrogen (secondary N) is 1. The fourth-order valence-corrected chi connectivity index (χ4v) is 1.65. The first-order chi connectivity index (χ1) is 6.75. The van der Waals surface area contributed by atoms with Crippen LogP contribution in [0.4, 0.5) is 0 Å². The molecule has 0 fully saturated rings. The number of fused-ring (bicyclic) bond motifs is 1. The Hall–Kier alpha value is -1.28. The number of aromatic nitrogens is 1. The molecule has 0 bridgehead atoms. The molecule has 0 unspecified atom stereocenters. The summed E-state index contributed by atoms with van der Waals surface area (Å²) in [6.07, 6.45) is 4.09. The van der Waals surface area contributed by atoms with E-state index < -0.39 is 0 Å². The Morgan fingerprint density at radius 1 is 1.36 bits per heavy atom. The van der Waals surface area contributed by atoms with Gasteiger partial charge < -0.3 is 10.7 Å². The average molecular weight is 188 g/mol. The minimum atomic E-state index is 0.289. The Labute approximate surface area is 84.1 Å². The molecule has 1 atom stereocenters. The standard InChI is InChI=1S/C12H16N2/c1-9(13)2-3-10-4-5-12-11(8-10)6-7-14-12/h4-9,14H,2-3,13H2,1H3/t9-/m1/s1. The van der Waals surface area contributed by atoms with Crippen LogP contribution in [0.3, 0.4) is 0 Å². The molecular weight excluding hydrogens is 172 g/mol. The molecule has 2 rings (SSSR count). The number of aromatic amines is 1. The van der Waals surface area contributed by atoms with E-state index in [1.54, 1.807) is 0 Å². The predicted octanol–water partition coefficient (Wildman–Crippen LogP) is 2.45. The van der Waals surface area contributed by atoms with Gasteiger partial charge in [-0.15, -0.1) is 0 Å². The fourth-order valence-electron chi connectivity index (χ4n) is 1.65. The van der Waals surface area contributed by atoms with Gasteiger partial charge in [-0.3, -0.25) is 0 Å². The number of benzene rings is 1. The lowest BCUT2D eigenvalue weighted by atomic mass is 10.1. The number of hydrogen-bond donors (Lipinski definition) is 2. The van der Waals surface area contributed by atoms with Gasteiger partial charge in [0, 0.05) is 17.8 Å². The molecule has 1 aromatic carbocycles. The van der Waals surface area contributed by atoms with Crippen LogP contribution in [-0.2, 0) is 6.42 Å². The van der Waals surface area contributed by atoms with Crippen molar-refractivity contribution in [3.8, 4) is 0 Å². The van der Waals surface area contributed by atoms with Crippen molar-refractivity contribution in [3.63, 3.8) is 0 Å². The summed E-state index contributed by atoms with van der Waals surface area (Å²) in [5.74, 6) is 0. The van der Waals surface area contributed by atoms with Gasteiger partial charge in [0.05, 0.1) is 0 Å². The molecular formula is C12H16N2. The van der Waals surface area contributed by atoms with E-state index >= 15 is 0 Å². The third-order valence-electron chi connectivity index (χ3n) is 2.51. The largest absolute Gasteiger partial charge is 0.361 e. The van der Waals surface area contributed by atoms with Crippen molar-refractivity contribution in [1.82, 2.24) is 4.98 Å². The summed E-state index contributed by atoms with van der Waals surface area (Å²) in [7, 11) is 0. The number of aryl methyl sites for hydroxylation is 1. The van der Waals surface area contributed by atoms with Crippen LogP contribution in [-0.4, -0.2) is 11.0 Å². The molecule has 2 heteroatoms. The van der Waals surface area contributed by atoms with Crippen molar-refractivity contribution >= 4 is 10.9 Å². The molecule has 14 heavy (non-hydrogen) atoms. The SMILES string of the molecule is C[C@@H](N)CCc1ccc2[nH]ccc2c1. The van der Waals surface area contributed by atoms with Crippen LogP contribution < -0.4 is 5.73 Å². The van der Waals surface area contributed by atoms with Crippen LogP contribution in [0.1, 0.15) is 18.9 Å². The van der Waals surface area contributed by atoms with E-state index in [0.29, 0.717) is 0 Å². The van der Waals surface area contributed by atoms with Crippen LogP contribution in [0.2, 0.25) is 0 Å². The summed E-state index contributed by atoms with van der Waals surface area (Å²) in [6, 6.07) is 8.92. The lowest BCUT2D eigenvalue weighted by Crippen LogP contribution is -2.15. The Morgan fingerprint density at radius 2 is 2.21 bits per heavy atom. The lowest BCUT2D eigenvalue weighted by molar-refractivity contribution is 0.666. The van der Waals surface area contributed by atoms with Gasteiger partial charge in [0.25, 0.3) is 0 Å². The van der Waals surface area contributed by atoms with Crippen molar-refractivity contribution < 1.29 is 0 Å². The molecule has 0 aliphatic rings. The van der Waals surface area contributed by atoms with E-state index in [1.807, 2.05) is 6.20 Å². The minimum absolute atomic E-state index is 0.289. The van der Waals surface area contributed by atoms with Crippen molar-refractivity contribution in [3.05, 3.63) is 36.0 Å². The zero-order chi connectivity index (χ0) is 9.97. The Kier molecular flexibility index (Phi) is 2.55. The number of hydrogen-bond acceptors (Lipinski definition) is 1. The Bertz CT molecular complexity index is 415. The van der Waals surface area contributed by atoms with E-state index in [9.17, 15) is 0 Å². The van der Waals surface area contributed by atoms with Gasteiger partial charge in [-0.2, -0.15) is 0 Å². The molecule has 0 aliphatic carbocycles. The highest BCUT2D eigenvalue weighted by atomic mass is 14.7. The highest BCUT2D eigenvalue weighted by Crippen LogP contribution is 2.15. The monoisotopic (exact) mass is 188 g/mol. The third kappa shape index (κ3) is 1.96. The summed E-state index contributed by atoms with van der Waals surface area (Å²) in [5, 5.41) is 1.28. The molecule has 0 spiro atoms. The zero-order valence-corrected chi connectivity index (χ0v) is 8.46. The van der Waals surface area contributed by atoms with Crippen LogP contribution in [0, 0.1) is 0 Å². The van der Waals surface area contributed by atoms with Gasteiger partial charge in [0.15, 0.2) is 0 Å². The van der Waals surface area contributed by atoms with Gasteiger partial charge >= 0.3 is 0 Å². The zero-order valence-electron chi connectivity index (χ0n) is 8.46. The first-order valence-corrected chi connectivity index (χ1v) is 5.07. The minimum Gasteiger partial charge on any atom is -0.361 e. The first-order valence-electron chi connectivity index (χ1n) is 5.07. The number of rotatable bonds is 3. The molecule has 0 saturated heterocycles. The maximum atomic E-state index is 5.73. The van der Waals surface area contributed by atoms with Gasteiger partial charge in [-0.05, 0) is 48.9 Å². The van der Waals surface area contributed by atoms with Crippen molar-refractivity contribution in [2.75, 3.05) is 0 Å². The second-order valence-electron chi connectivity index (χ2n) is 3.92. The van der Waals surface area contributed by atoms with Crippen LogP contribution in [0.25, 0.3) is 10.9 Å². The smallest absolute Gasteiger partial charge is 0.0454 e. The normalized spacial score (nSPS) is 13.3. The summed E-state index contributed by atoms with van der Waals surface area (Å²) < 4.78 is 0. The first kappa shape index (κ1) is 9.28. The molecule has 0 amide bonds. The topological polar surface area (TPSA) is 41.8 Å². The highest BCUT2D eigenvalue weighted by Gasteiger charge is 1.99. The Balaban J connectivity index is 2.17. The van der Waals surface area contributed by atoms with E-state index in [0.717, 1.165) is 12.8 Å². The molecule has 0 radical (unpaired) electrons. The summed E-state index contributed by atoms with van der Waals surface area (Å²) >= 11 is 0. The van der Waals surface area contributed by atoms with Crippen molar-refractivity contribution in [1.29, 1.82) is 0 Å². The number of nitrogens with two attached hydrogens (primary N) is 1. The predicted molar refractivity (Wildman–Crippen MR) is 60.3 cm³/mol. The quantitative estimate of drug-likeness (QED) is 0.763. The second kappa shape index (κ2) is 3.84. The molecule has 0 aliphatic heterocycles. The summed E-state index contributed by atoms with van der Waals surface area (Å²) in [4.78, 5) is 3.19. The molecule has 0 saturated carbocycles. The fraction of sp³-hybridized carbons (Fsp3) is 0.333. The van der Waals surface area contributed by atoms with E-state index in [4.69, 9.17) is 5.73 Å². The van der Waals surface area contributed by atoms with Crippen LogP contribution in [0.15, 0.2) is 30.5 Å². The van der Waals surface area contributed by atoms with E-state index in [-0.39, 0.29) is 6.04 Å². The molecule has 1 heterocycles. The molecule has 3 N–H and O–H groups in total. The van der Waals surface area contributed by atoms with Gasteiger partial charge in [-0.25, -0.2) is 0 Å². The summed E-state index contributed by atoms with van der Waals surface area (Å²) in [6.45, 7) is 2.05. The van der Waals surface area contributed by atoms with E-state index in [1.165, 1.54) is 16.5 Å². The highest BCUT2D eigenvalue weighted by molar-refractivity contribution is 5.79. The van der Waals surface area contributed by atoms with Crippen LogP contribution in [0.5, 0.6) is 0 Å². The maximum absolute atomic E-state index is 5.73. The van der Waals surface area contributed by atoms with Gasteiger partial charge in [0.2, 0.25) is 0 Å². The van der Waals surface area contributed by atoms with Gasteiger partial charge in [-0.1, -0.05) is 6.07 Å². The summed E-state index contributed by atoms with van der Waals surface area (Å²) in [5.41, 5.74) is 8.30. The Morgan fingerprint density at radius 3 is 3.00 bits per heavy atom. The van der Waals surface area contributed by atoms with Crippen molar-refractivity contribution in [2.24, 2.45) is 5.73 Å². The molecule has 74 valence electrons. The lowest BCUT2D eigenvalue weighted by Gasteiger charge is -2.04. The van der Waals surface area contributed by atoms with Crippen molar-refractivity contribution in [2.45, 2.75) is 25.8 Å². The average Bonchev–Trinajstić information content (AvgIpc) is 2.61. The molecule has 2 aromatic rings. The molecule has 1 aromatic heterocycles. The van der Waals surface area contributed by atoms with Crippen LogP contribution >= 0.6 is 0 Å². The van der Waals surface area contributed by atoms with E-state index in [2.05, 4.69) is 36.2 Å². The third-order valence-corrected chi connectivity index (χ3v) is 2.51. The second-order valence-corrected chi connectivity index (χ2v) is 3.92.